The maximum atomic E-state index is 6.59. The molecule has 0 aromatic heterocycles. The standard InChI is InChI=1S/C32H28O2/c1-2-7-22-12-14-23(15-13-22)26-20-33-29-18-16-24-8-3-5-10-27(24)31(29)32-28-11-6-4-9-25(28)17-19-30(32)34-21-26/h3-6,8-19,26H,2,7,20-21H2,1H3. The van der Waals surface area contributed by atoms with Crippen LogP contribution in [0.3, 0.4) is 0 Å². The number of fused-ring (bicyclic) bond motifs is 7. The molecule has 34 heavy (non-hydrogen) atoms. The number of aryl methyl sites for hydroxylation is 1. The number of hydrogen-bond donors (Lipinski definition) is 0. The molecule has 168 valence electrons. The Balaban J connectivity index is 1.53. The zero-order valence-corrected chi connectivity index (χ0v) is 19.5. The molecule has 0 N–H and O–H groups in total. The maximum Gasteiger partial charge on any atom is 0.127 e. The predicted molar refractivity (Wildman–Crippen MR) is 141 cm³/mol. The number of rotatable bonds is 3. The van der Waals surface area contributed by atoms with E-state index in [1.807, 2.05) is 0 Å². The predicted octanol–water partition coefficient (Wildman–Crippen LogP) is 8.17. The van der Waals surface area contributed by atoms with Crippen molar-refractivity contribution in [1.29, 1.82) is 0 Å². The summed E-state index contributed by atoms with van der Waals surface area (Å²) < 4.78 is 13.2. The van der Waals surface area contributed by atoms with E-state index in [-0.39, 0.29) is 5.92 Å². The van der Waals surface area contributed by atoms with E-state index >= 15 is 0 Å². The first-order chi connectivity index (χ1) is 16.8. The van der Waals surface area contributed by atoms with Gasteiger partial charge in [-0.1, -0.05) is 98.3 Å². The lowest BCUT2D eigenvalue weighted by Gasteiger charge is -2.18. The smallest absolute Gasteiger partial charge is 0.127 e. The quantitative estimate of drug-likeness (QED) is 0.279. The topological polar surface area (TPSA) is 18.5 Å². The molecule has 0 spiro atoms. The third-order valence-electron chi connectivity index (χ3n) is 6.90. The molecule has 1 aliphatic heterocycles. The Kier molecular flexibility index (Phi) is 5.43. The van der Waals surface area contributed by atoms with Crippen molar-refractivity contribution >= 4 is 21.5 Å². The Hall–Kier alpha value is -3.78. The van der Waals surface area contributed by atoms with Gasteiger partial charge in [0.15, 0.2) is 0 Å². The molecule has 0 amide bonds. The summed E-state index contributed by atoms with van der Waals surface area (Å²) in [5.74, 6) is 1.97. The summed E-state index contributed by atoms with van der Waals surface area (Å²) >= 11 is 0. The Labute approximate surface area is 200 Å². The summed E-state index contributed by atoms with van der Waals surface area (Å²) in [5, 5.41) is 4.77. The second-order valence-electron chi connectivity index (χ2n) is 9.13. The molecule has 5 aromatic carbocycles. The molecular formula is C32H28O2. The van der Waals surface area contributed by atoms with Crippen LogP contribution >= 0.6 is 0 Å². The molecule has 0 bridgehead atoms. The van der Waals surface area contributed by atoms with Crippen molar-refractivity contribution in [3.05, 3.63) is 108 Å². The molecule has 0 aliphatic carbocycles. The molecule has 0 unspecified atom stereocenters. The summed E-state index contributed by atoms with van der Waals surface area (Å²) in [6, 6.07) is 34.6. The van der Waals surface area contributed by atoms with E-state index in [0.29, 0.717) is 13.2 Å². The molecule has 2 heteroatoms. The molecule has 1 aliphatic rings. The van der Waals surface area contributed by atoms with Crippen LogP contribution in [-0.4, -0.2) is 13.2 Å². The van der Waals surface area contributed by atoms with Gasteiger partial charge in [0.1, 0.15) is 11.5 Å². The lowest BCUT2D eigenvalue weighted by Crippen LogP contribution is -2.17. The fraction of sp³-hybridized carbons (Fsp3) is 0.188. The van der Waals surface area contributed by atoms with Crippen LogP contribution in [0.4, 0.5) is 0 Å². The van der Waals surface area contributed by atoms with Crippen molar-refractivity contribution in [3.8, 4) is 22.6 Å². The maximum absolute atomic E-state index is 6.59. The summed E-state index contributed by atoms with van der Waals surface area (Å²) in [5.41, 5.74) is 4.86. The number of ether oxygens (including phenoxy) is 2. The zero-order chi connectivity index (χ0) is 22.9. The molecule has 0 atom stereocenters. The molecular weight excluding hydrogens is 416 g/mol. The van der Waals surface area contributed by atoms with E-state index < -0.39 is 0 Å². The highest BCUT2D eigenvalue weighted by molar-refractivity contribution is 6.09. The molecule has 1 heterocycles. The highest BCUT2D eigenvalue weighted by Gasteiger charge is 2.23. The molecule has 5 aromatic rings. The molecule has 6 rings (SSSR count). The van der Waals surface area contributed by atoms with Gasteiger partial charge in [0.25, 0.3) is 0 Å². The third kappa shape index (κ3) is 3.70. The van der Waals surface area contributed by atoms with Crippen molar-refractivity contribution in [2.75, 3.05) is 13.2 Å². The summed E-state index contributed by atoms with van der Waals surface area (Å²) in [4.78, 5) is 0. The van der Waals surface area contributed by atoms with Gasteiger partial charge in [0.05, 0.1) is 19.1 Å². The van der Waals surface area contributed by atoms with E-state index in [4.69, 9.17) is 9.47 Å². The summed E-state index contributed by atoms with van der Waals surface area (Å²) in [6.45, 7) is 3.37. The minimum atomic E-state index is 0.146. The lowest BCUT2D eigenvalue weighted by atomic mass is 9.92. The molecule has 0 radical (unpaired) electrons. The lowest BCUT2D eigenvalue weighted by molar-refractivity contribution is 0.223. The average Bonchev–Trinajstić information content (AvgIpc) is 2.97. The Bertz CT molecular complexity index is 1380. The second kappa shape index (κ2) is 8.87. The van der Waals surface area contributed by atoms with E-state index in [9.17, 15) is 0 Å². The highest BCUT2D eigenvalue weighted by Crippen LogP contribution is 2.46. The van der Waals surface area contributed by atoms with Crippen LogP contribution < -0.4 is 9.47 Å². The van der Waals surface area contributed by atoms with E-state index in [1.165, 1.54) is 32.7 Å². The molecule has 0 saturated heterocycles. The molecule has 2 nitrogen and oxygen atoms in total. The van der Waals surface area contributed by atoms with Crippen LogP contribution in [0.15, 0.2) is 97.1 Å². The van der Waals surface area contributed by atoms with Gasteiger partial charge in [-0.3, -0.25) is 0 Å². The van der Waals surface area contributed by atoms with Gasteiger partial charge in [-0.2, -0.15) is 0 Å². The Morgan fingerprint density at radius 1 is 0.618 bits per heavy atom. The van der Waals surface area contributed by atoms with Crippen molar-refractivity contribution < 1.29 is 9.47 Å². The normalized spacial score (nSPS) is 13.8. The first kappa shape index (κ1) is 20.8. The van der Waals surface area contributed by atoms with Gasteiger partial charge < -0.3 is 9.47 Å². The largest absolute Gasteiger partial charge is 0.492 e. The van der Waals surface area contributed by atoms with Crippen LogP contribution in [0.25, 0.3) is 32.7 Å². The minimum absolute atomic E-state index is 0.146. The zero-order valence-electron chi connectivity index (χ0n) is 19.5. The van der Waals surface area contributed by atoms with Crippen molar-refractivity contribution in [2.45, 2.75) is 25.7 Å². The SMILES string of the molecule is CCCc1ccc(C2COc3ccc4ccccc4c3-c3c(ccc4ccccc34)OC2)cc1. The Morgan fingerprint density at radius 3 is 1.68 bits per heavy atom. The van der Waals surface area contributed by atoms with Gasteiger partial charge >= 0.3 is 0 Å². The van der Waals surface area contributed by atoms with Gasteiger partial charge in [0, 0.05) is 11.1 Å². The fourth-order valence-electron chi connectivity index (χ4n) is 5.13. The van der Waals surface area contributed by atoms with Crippen LogP contribution in [-0.2, 0) is 6.42 Å². The fourth-order valence-corrected chi connectivity index (χ4v) is 5.13. The van der Waals surface area contributed by atoms with Gasteiger partial charge in [-0.25, -0.2) is 0 Å². The monoisotopic (exact) mass is 444 g/mol. The van der Waals surface area contributed by atoms with Gasteiger partial charge in [0.2, 0.25) is 0 Å². The third-order valence-corrected chi connectivity index (χ3v) is 6.90. The minimum Gasteiger partial charge on any atom is -0.492 e. The first-order valence-corrected chi connectivity index (χ1v) is 12.2. The van der Waals surface area contributed by atoms with Crippen molar-refractivity contribution in [3.63, 3.8) is 0 Å². The average molecular weight is 445 g/mol. The van der Waals surface area contributed by atoms with Crippen molar-refractivity contribution in [1.82, 2.24) is 0 Å². The first-order valence-electron chi connectivity index (χ1n) is 12.2. The number of benzene rings is 5. The van der Waals surface area contributed by atoms with Crippen LogP contribution in [0.5, 0.6) is 11.5 Å². The highest BCUT2D eigenvalue weighted by atomic mass is 16.5. The van der Waals surface area contributed by atoms with E-state index in [1.54, 1.807) is 0 Å². The molecule has 0 fully saturated rings. The van der Waals surface area contributed by atoms with Crippen LogP contribution in [0.2, 0.25) is 0 Å². The molecule has 0 saturated carbocycles. The van der Waals surface area contributed by atoms with E-state index in [2.05, 4.69) is 104 Å². The van der Waals surface area contributed by atoms with Crippen molar-refractivity contribution in [2.24, 2.45) is 0 Å². The second-order valence-corrected chi connectivity index (χ2v) is 9.13. The number of hydrogen-bond acceptors (Lipinski definition) is 2. The van der Waals surface area contributed by atoms with Gasteiger partial charge in [-0.05, 0) is 51.2 Å². The van der Waals surface area contributed by atoms with Crippen LogP contribution in [0, 0.1) is 0 Å². The summed E-state index contributed by atoms with van der Waals surface area (Å²) in [7, 11) is 0. The van der Waals surface area contributed by atoms with E-state index in [0.717, 1.165) is 35.5 Å². The van der Waals surface area contributed by atoms with Crippen LogP contribution in [0.1, 0.15) is 30.4 Å². The van der Waals surface area contributed by atoms with Gasteiger partial charge in [-0.15, -0.1) is 0 Å². The summed E-state index contributed by atoms with van der Waals surface area (Å²) in [6.07, 6.45) is 2.27. The Morgan fingerprint density at radius 2 is 1.15 bits per heavy atom.